The van der Waals surface area contributed by atoms with Gasteiger partial charge in [0, 0.05) is 0 Å². The molecule has 2 heteroatoms. The predicted octanol–water partition coefficient (Wildman–Crippen LogP) is 2.44. The maximum absolute atomic E-state index is 8.91. The van der Waals surface area contributed by atoms with E-state index in [-0.39, 0.29) is 0 Å². The zero-order valence-electron chi connectivity index (χ0n) is 8.93. The van der Waals surface area contributed by atoms with Crippen LogP contribution in [0.1, 0.15) is 46.5 Å². The van der Waals surface area contributed by atoms with E-state index in [0.29, 0.717) is 11.3 Å². The van der Waals surface area contributed by atoms with Gasteiger partial charge in [-0.3, -0.25) is 0 Å². The summed E-state index contributed by atoms with van der Waals surface area (Å²) in [6.07, 6.45) is 4.03. The van der Waals surface area contributed by atoms with Gasteiger partial charge in [0.05, 0.1) is 6.07 Å². The first kappa shape index (κ1) is 10.5. The molecule has 0 aromatic rings. The topological polar surface area (TPSA) is 49.8 Å². The summed E-state index contributed by atoms with van der Waals surface area (Å²) < 4.78 is 0. The molecule has 1 saturated carbocycles. The molecule has 2 atom stereocenters. The Morgan fingerprint density at radius 1 is 1.62 bits per heavy atom. The van der Waals surface area contributed by atoms with Gasteiger partial charge < -0.3 is 5.73 Å². The molecular weight excluding hydrogens is 160 g/mol. The molecule has 2 unspecified atom stereocenters. The van der Waals surface area contributed by atoms with E-state index in [1.165, 1.54) is 6.42 Å². The average Bonchev–Trinajstić information content (AvgIpc) is 2.50. The SMILES string of the molecule is CCC(C)(C)C1CCC(N)(C#N)C1. The van der Waals surface area contributed by atoms with Crippen molar-refractivity contribution in [2.75, 3.05) is 0 Å². The highest BCUT2D eigenvalue weighted by molar-refractivity contribution is 5.10. The summed E-state index contributed by atoms with van der Waals surface area (Å²) in [5.41, 5.74) is 5.75. The maximum Gasteiger partial charge on any atom is 0.104 e. The zero-order chi connectivity index (χ0) is 10.1. The van der Waals surface area contributed by atoms with Crippen molar-refractivity contribution in [1.29, 1.82) is 5.26 Å². The van der Waals surface area contributed by atoms with Crippen LogP contribution in [-0.4, -0.2) is 5.54 Å². The number of nitriles is 1. The number of hydrogen-bond acceptors (Lipinski definition) is 2. The second kappa shape index (κ2) is 3.31. The highest BCUT2D eigenvalue weighted by atomic mass is 14.8. The summed E-state index contributed by atoms with van der Waals surface area (Å²) in [6.45, 7) is 6.77. The Labute approximate surface area is 81.1 Å². The number of nitrogens with two attached hydrogens (primary N) is 1. The minimum absolute atomic E-state index is 0.345. The fraction of sp³-hybridized carbons (Fsp3) is 0.909. The molecule has 1 rings (SSSR count). The first-order chi connectivity index (χ1) is 5.93. The van der Waals surface area contributed by atoms with Gasteiger partial charge >= 0.3 is 0 Å². The van der Waals surface area contributed by atoms with Crippen molar-refractivity contribution in [2.24, 2.45) is 17.1 Å². The highest BCUT2D eigenvalue weighted by Gasteiger charge is 2.41. The second-order valence-corrected chi connectivity index (χ2v) is 5.05. The average molecular weight is 180 g/mol. The van der Waals surface area contributed by atoms with Gasteiger partial charge in [-0.25, -0.2) is 0 Å². The van der Waals surface area contributed by atoms with Crippen LogP contribution in [-0.2, 0) is 0 Å². The van der Waals surface area contributed by atoms with Crippen molar-refractivity contribution in [3.8, 4) is 6.07 Å². The third kappa shape index (κ3) is 2.03. The lowest BCUT2D eigenvalue weighted by Gasteiger charge is -2.30. The number of nitrogens with zero attached hydrogens (tertiary/aromatic N) is 1. The Hall–Kier alpha value is -0.550. The number of rotatable bonds is 2. The minimum Gasteiger partial charge on any atom is -0.313 e. The molecule has 0 bridgehead atoms. The molecule has 0 spiro atoms. The monoisotopic (exact) mass is 180 g/mol. The van der Waals surface area contributed by atoms with Crippen LogP contribution in [0, 0.1) is 22.7 Å². The normalized spacial score (nSPS) is 34.5. The van der Waals surface area contributed by atoms with Crippen molar-refractivity contribution in [2.45, 2.75) is 52.0 Å². The first-order valence-corrected chi connectivity index (χ1v) is 5.14. The molecule has 0 aromatic carbocycles. The van der Waals surface area contributed by atoms with Gasteiger partial charge in [-0.1, -0.05) is 27.2 Å². The van der Waals surface area contributed by atoms with Crippen molar-refractivity contribution < 1.29 is 0 Å². The molecule has 13 heavy (non-hydrogen) atoms. The summed E-state index contributed by atoms with van der Waals surface area (Å²) in [5, 5.41) is 8.91. The van der Waals surface area contributed by atoms with E-state index in [1.54, 1.807) is 0 Å². The molecule has 0 aliphatic heterocycles. The molecule has 0 heterocycles. The smallest absolute Gasteiger partial charge is 0.104 e. The summed E-state index contributed by atoms with van der Waals surface area (Å²) in [4.78, 5) is 0. The zero-order valence-corrected chi connectivity index (χ0v) is 8.93. The van der Waals surface area contributed by atoms with Gasteiger partial charge in [-0.05, 0) is 30.6 Å². The van der Waals surface area contributed by atoms with Crippen LogP contribution < -0.4 is 5.73 Å². The second-order valence-electron chi connectivity index (χ2n) is 5.05. The predicted molar refractivity (Wildman–Crippen MR) is 53.9 cm³/mol. The van der Waals surface area contributed by atoms with E-state index in [2.05, 4.69) is 26.8 Å². The van der Waals surface area contributed by atoms with Crippen LogP contribution in [0.4, 0.5) is 0 Å². The van der Waals surface area contributed by atoms with Gasteiger partial charge in [0.2, 0.25) is 0 Å². The molecule has 1 aliphatic rings. The van der Waals surface area contributed by atoms with E-state index in [0.717, 1.165) is 19.3 Å². The third-order valence-corrected chi connectivity index (χ3v) is 3.79. The van der Waals surface area contributed by atoms with Gasteiger partial charge in [-0.2, -0.15) is 5.26 Å². The summed E-state index contributed by atoms with van der Waals surface area (Å²) >= 11 is 0. The first-order valence-electron chi connectivity index (χ1n) is 5.14. The quantitative estimate of drug-likeness (QED) is 0.709. The molecule has 2 nitrogen and oxygen atoms in total. The lowest BCUT2D eigenvalue weighted by molar-refractivity contribution is 0.203. The summed E-state index contributed by atoms with van der Waals surface area (Å²) in [5.74, 6) is 0.627. The van der Waals surface area contributed by atoms with Crippen LogP contribution in [0.5, 0.6) is 0 Å². The fourth-order valence-electron chi connectivity index (χ4n) is 2.13. The fourth-order valence-corrected chi connectivity index (χ4v) is 2.13. The molecule has 74 valence electrons. The molecule has 0 amide bonds. The van der Waals surface area contributed by atoms with Gasteiger partial charge in [0.25, 0.3) is 0 Å². The Balaban J connectivity index is 2.66. The highest BCUT2D eigenvalue weighted by Crippen LogP contribution is 2.44. The standard InChI is InChI=1S/C11H20N2/c1-4-10(2,3)9-5-6-11(13,7-9)8-12/h9H,4-7,13H2,1-3H3. The molecular formula is C11H20N2. The van der Waals surface area contributed by atoms with E-state index in [1.807, 2.05) is 0 Å². The lowest BCUT2D eigenvalue weighted by Crippen LogP contribution is -2.36. The van der Waals surface area contributed by atoms with E-state index in [9.17, 15) is 0 Å². The summed E-state index contributed by atoms with van der Waals surface area (Å²) in [7, 11) is 0. The van der Waals surface area contributed by atoms with Crippen LogP contribution in [0.15, 0.2) is 0 Å². The van der Waals surface area contributed by atoms with E-state index >= 15 is 0 Å². The Morgan fingerprint density at radius 2 is 2.23 bits per heavy atom. The Kier molecular flexibility index (Phi) is 2.68. The number of hydrogen-bond donors (Lipinski definition) is 1. The van der Waals surface area contributed by atoms with Crippen molar-refractivity contribution in [3.05, 3.63) is 0 Å². The molecule has 1 fully saturated rings. The van der Waals surface area contributed by atoms with E-state index in [4.69, 9.17) is 11.0 Å². The maximum atomic E-state index is 8.91. The largest absolute Gasteiger partial charge is 0.313 e. The molecule has 0 saturated heterocycles. The van der Waals surface area contributed by atoms with Crippen molar-refractivity contribution in [3.63, 3.8) is 0 Å². The Bertz CT molecular complexity index is 227. The molecule has 1 aliphatic carbocycles. The van der Waals surface area contributed by atoms with Crippen molar-refractivity contribution in [1.82, 2.24) is 0 Å². The van der Waals surface area contributed by atoms with Gasteiger partial charge in [0.1, 0.15) is 5.54 Å². The van der Waals surface area contributed by atoms with Crippen molar-refractivity contribution >= 4 is 0 Å². The van der Waals surface area contributed by atoms with E-state index < -0.39 is 5.54 Å². The summed E-state index contributed by atoms with van der Waals surface area (Å²) in [6, 6.07) is 2.24. The van der Waals surface area contributed by atoms with Crippen LogP contribution >= 0.6 is 0 Å². The van der Waals surface area contributed by atoms with Gasteiger partial charge in [0.15, 0.2) is 0 Å². The molecule has 2 N–H and O–H groups in total. The molecule has 0 radical (unpaired) electrons. The Morgan fingerprint density at radius 3 is 2.62 bits per heavy atom. The lowest BCUT2D eigenvalue weighted by atomic mass is 9.75. The van der Waals surface area contributed by atoms with Crippen LogP contribution in [0.2, 0.25) is 0 Å². The van der Waals surface area contributed by atoms with Crippen LogP contribution in [0.25, 0.3) is 0 Å². The third-order valence-electron chi connectivity index (χ3n) is 3.79. The molecule has 0 aromatic heterocycles. The van der Waals surface area contributed by atoms with Gasteiger partial charge in [-0.15, -0.1) is 0 Å². The van der Waals surface area contributed by atoms with Crippen LogP contribution in [0.3, 0.4) is 0 Å². The minimum atomic E-state index is -0.531.